The van der Waals surface area contributed by atoms with Crippen LogP contribution in [-0.2, 0) is 12.8 Å². The van der Waals surface area contributed by atoms with Gasteiger partial charge in [0.1, 0.15) is 0 Å². The molecule has 0 spiro atoms. The van der Waals surface area contributed by atoms with E-state index in [0.717, 1.165) is 0 Å². The summed E-state index contributed by atoms with van der Waals surface area (Å²) < 4.78 is 0. The molecule has 15 heavy (non-hydrogen) atoms. The van der Waals surface area contributed by atoms with Crippen LogP contribution in [0.5, 0.6) is 0 Å². The van der Waals surface area contributed by atoms with Crippen LogP contribution in [0.4, 0.5) is 0 Å². The van der Waals surface area contributed by atoms with E-state index in [2.05, 4.69) is 30.2 Å². The van der Waals surface area contributed by atoms with E-state index in [4.69, 9.17) is 0 Å². The molecular weight excluding hydrogens is 182 g/mol. The van der Waals surface area contributed by atoms with Crippen molar-refractivity contribution in [3.05, 3.63) is 35.0 Å². The number of H-pyrrole nitrogens is 1. The number of hydrogen-bond acceptors (Lipinski definition) is 0. The Morgan fingerprint density at radius 3 is 2.73 bits per heavy atom. The van der Waals surface area contributed by atoms with Crippen LogP contribution in [0, 0.1) is 6.92 Å². The number of benzene rings is 1. The molecule has 0 saturated carbocycles. The minimum atomic E-state index is 1.27. The van der Waals surface area contributed by atoms with Gasteiger partial charge in [0.15, 0.2) is 0 Å². The molecule has 1 nitrogen and oxygen atoms in total. The van der Waals surface area contributed by atoms with Gasteiger partial charge < -0.3 is 4.98 Å². The van der Waals surface area contributed by atoms with Crippen molar-refractivity contribution in [2.45, 2.75) is 40.0 Å². The Morgan fingerprint density at radius 1 is 1.13 bits per heavy atom. The topological polar surface area (TPSA) is 15.8 Å². The van der Waals surface area contributed by atoms with E-state index in [-0.39, 0.29) is 0 Å². The molecule has 0 fully saturated rings. The Balaban J connectivity index is 0.000000404. The Morgan fingerprint density at radius 2 is 1.93 bits per heavy atom. The van der Waals surface area contributed by atoms with E-state index < -0.39 is 0 Å². The molecule has 1 aromatic carbocycles. The lowest BCUT2D eigenvalue weighted by Crippen LogP contribution is -1.83. The zero-order valence-electron chi connectivity index (χ0n) is 9.85. The summed E-state index contributed by atoms with van der Waals surface area (Å²) in [4.78, 5) is 3.32. The van der Waals surface area contributed by atoms with Crippen molar-refractivity contribution in [3.8, 4) is 0 Å². The first-order chi connectivity index (χ1) is 7.36. The van der Waals surface area contributed by atoms with Gasteiger partial charge in [-0.15, -0.1) is 0 Å². The summed E-state index contributed by atoms with van der Waals surface area (Å²) in [7, 11) is 0. The number of aromatic amines is 1. The van der Waals surface area contributed by atoms with Crippen LogP contribution in [0.2, 0.25) is 0 Å². The van der Waals surface area contributed by atoms with Crippen molar-refractivity contribution >= 4 is 10.9 Å². The van der Waals surface area contributed by atoms with Gasteiger partial charge in [0.25, 0.3) is 0 Å². The summed E-state index contributed by atoms with van der Waals surface area (Å²) in [6.07, 6.45) is 5.99. The standard InChI is InChI=1S/C12H13N.C2H6/c1-8-7-13-11-6-5-9-3-2-4-10(9)12(8)11;1-2/h5-7,13H,2-4H2,1H3;1-2H3. The Hall–Kier alpha value is -1.24. The summed E-state index contributed by atoms with van der Waals surface area (Å²) in [5, 5.41) is 1.48. The highest BCUT2D eigenvalue weighted by Crippen LogP contribution is 2.31. The van der Waals surface area contributed by atoms with E-state index in [0.29, 0.717) is 0 Å². The van der Waals surface area contributed by atoms with E-state index >= 15 is 0 Å². The molecule has 0 amide bonds. The lowest BCUT2D eigenvalue weighted by Gasteiger charge is -2.01. The fourth-order valence-electron chi connectivity index (χ4n) is 2.50. The van der Waals surface area contributed by atoms with Crippen molar-refractivity contribution in [3.63, 3.8) is 0 Å². The minimum Gasteiger partial charge on any atom is -0.361 e. The SMILES string of the molecule is CC.Cc1c[nH]c2ccc3c(c12)CCC3. The maximum absolute atomic E-state index is 3.32. The Labute approximate surface area is 91.5 Å². The molecule has 0 radical (unpaired) electrons. The van der Waals surface area contributed by atoms with Gasteiger partial charge in [-0.3, -0.25) is 0 Å². The maximum atomic E-state index is 3.32. The molecule has 1 heterocycles. The predicted molar refractivity (Wildman–Crippen MR) is 66.4 cm³/mol. The average Bonchev–Trinajstić information content (AvgIpc) is 2.87. The summed E-state index contributed by atoms with van der Waals surface area (Å²) in [6.45, 7) is 6.19. The van der Waals surface area contributed by atoms with Crippen LogP contribution >= 0.6 is 0 Å². The lowest BCUT2D eigenvalue weighted by atomic mass is 10.0. The van der Waals surface area contributed by atoms with Crippen LogP contribution in [0.1, 0.15) is 37.0 Å². The van der Waals surface area contributed by atoms with Gasteiger partial charge in [-0.2, -0.15) is 0 Å². The second-order valence-corrected chi connectivity index (χ2v) is 3.95. The number of nitrogens with one attached hydrogen (secondary N) is 1. The zero-order valence-corrected chi connectivity index (χ0v) is 9.85. The summed E-state index contributed by atoms with van der Waals surface area (Å²) >= 11 is 0. The lowest BCUT2D eigenvalue weighted by molar-refractivity contribution is 0.913. The quantitative estimate of drug-likeness (QED) is 0.663. The predicted octanol–water partition coefficient (Wildman–Crippen LogP) is 3.99. The number of fused-ring (bicyclic) bond motifs is 3. The number of rotatable bonds is 0. The fraction of sp³-hybridized carbons (Fsp3) is 0.429. The third kappa shape index (κ3) is 1.56. The van der Waals surface area contributed by atoms with Crippen molar-refractivity contribution in [1.82, 2.24) is 4.98 Å². The zero-order chi connectivity index (χ0) is 10.8. The number of aryl methyl sites for hydroxylation is 3. The van der Waals surface area contributed by atoms with E-state index in [1.165, 1.54) is 35.7 Å². The summed E-state index contributed by atoms with van der Waals surface area (Å²) in [6, 6.07) is 4.49. The first kappa shape index (κ1) is 10.3. The third-order valence-electron chi connectivity index (χ3n) is 3.12. The van der Waals surface area contributed by atoms with Gasteiger partial charge in [0, 0.05) is 17.1 Å². The fourth-order valence-corrected chi connectivity index (χ4v) is 2.50. The molecule has 1 aliphatic carbocycles. The molecule has 80 valence electrons. The normalized spacial score (nSPS) is 13.5. The van der Waals surface area contributed by atoms with Gasteiger partial charge in [-0.05, 0) is 48.9 Å². The maximum Gasteiger partial charge on any atom is 0.0459 e. The first-order valence-electron chi connectivity index (χ1n) is 5.95. The molecular formula is C14H19N. The summed E-state index contributed by atoms with van der Waals surface area (Å²) in [5.41, 5.74) is 5.86. The molecule has 1 N–H and O–H groups in total. The average molecular weight is 201 g/mol. The molecule has 0 saturated heterocycles. The molecule has 1 heteroatoms. The monoisotopic (exact) mass is 201 g/mol. The van der Waals surface area contributed by atoms with Crippen LogP contribution in [0.25, 0.3) is 10.9 Å². The number of hydrogen-bond donors (Lipinski definition) is 1. The van der Waals surface area contributed by atoms with Gasteiger partial charge >= 0.3 is 0 Å². The molecule has 1 aromatic heterocycles. The van der Waals surface area contributed by atoms with E-state index in [9.17, 15) is 0 Å². The summed E-state index contributed by atoms with van der Waals surface area (Å²) in [5.74, 6) is 0. The Kier molecular flexibility index (Phi) is 2.81. The van der Waals surface area contributed by atoms with Crippen LogP contribution in [-0.4, -0.2) is 4.98 Å². The van der Waals surface area contributed by atoms with Gasteiger partial charge in [0.05, 0.1) is 0 Å². The van der Waals surface area contributed by atoms with Gasteiger partial charge in [0.2, 0.25) is 0 Å². The van der Waals surface area contributed by atoms with Crippen LogP contribution < -0.4 is 0 Å². The largest absolute Gasteiger partial charge is 0.361 e. The van der Waals surface area contributed by atoms with Crippen molar-refractivity contribution in [2.75, 3.05) is 0 Å². The van der Waals surface area contributed by atoms with Crippen molar-refractivity contribution in [2.24, 2.45) is 0 Å². The van der Waals surface area contributed by atoms with Crippen molar-refractivity contribution < 1.29 is 0 Å². The third-order valence-corrected chi connectivity index (χ3v) is 3.12. The van der Waals surface area contributed by atoms with Crippen LogP contribution in [0.3, 0.4) is 0 Å². The highest BCUT2D eigenvalue weighted by atomic mass is 14.7. The molecule has 2 aromatic rings. The molecule has 3 rings (SSSR count). The Bertz CT molecular complexity index is 465. The molecule has 0 unspecified atom stereocenters. The molecule has 1 aliphatic rings. The van der Waals surface area contributed by atoms with E-state index in [1.54, 1.807) is 11.1 Å². The van der Waals surface area contributed by atoms with Gasteiger partial charge in [-0.25, -0.2) is 0 Å². The first-order valence-corrected chi connectivity index (χ1v) is 5.95. The van der Waals surface area contributed by atoms with E-state index in [1.807, 2.05) is 13.8 Å². The highest BCUT2D eigenvalue weighted by molar-refractivity contribution is 5.87. The second kappa shape index (κ2) is 4.09. The molecule has 0 aliphatic heterocycles. The highest BCUT2D eigenvalue weighted by Gasteiger charge is 2.15. The number of aromatic nitrogens is 1. The smallest absolute Gasteiger partial charge is 0.0459 e. The molecule has 0 bridgehead atoms. The van der Waals surface area contributed by atoms with Gasteiger partial charge in [-0.1, -0.05) is 19.9 Å². The van der Waals surface area contributed by atoms with Crippen LogP contribution in [0.15, 0.2) is 18.3 Å². The van der Waals surface area contributed by atoms with Crippen molar-refractivity contribution in [1.29, 1.82) is 0 Å². The molecule has 0 atom stereocenters. The minimum absolute atomic E-state index is 1.27. The second-order valence-electron chi connectivity index (χ2n) is 3.95.